The van der Waals surface area contributed by atoms with Crippen molar-refractivity contribution in [3.8, 4) is 0 Å². The second kappa shape index (κ2) is 7.70. The van der Waals surface area contributed by atoms with Crippen LogP contribution in [0, 0.1) is 0 Å². The Morgan fingerprint density at radius 3 is 2.73 bits per heavy atom. The Bertz CT molecular complexity index is 927. The second-order valence-electron chi connectivity index (χ2n) is 6.19. The van der Waals surface area contributed by atoms with Crippen molar-refractivity contribution in [1.82, 2.24) is 14.7 Å². The average Bonchev–Trinajstić information content (AvgIpc) is 3.17. The molecule has 2 aromatic carbocycles. The third kappa shape index (κ3) is 3.58. The minimum absolute atomic E-state index is 0.676. The first kappa shape index (κ1) is 17.4. The van der Waals surface area contributed by atoms with E-state index in [1.165, 1.54) is 18.5 Å². The van der Waals surface area contributed by atoms with Gasteiger partial charge in [0.05, 0.1) is 16.9 Å². The number of nitrogens with one attached hydrogen (secondary N) is 2. The quantitative estimate of drug-likeness (QED) is 0.612. The van der Waals surface area contributed by atoms with Crippen molar-refractivity contribution in [3.05, 3.63) is 47.7 Å². The number of anilines is 3. The monoisotopic (exact) mass is 385 g/mol. The lowest BCUT2D eigenvalue weighted by molar-refractivity contribution is 0.949. The van der Waals surface area contributed by atoms with Crippen LogP contribution < -0.4 is 14.9 Å². The van der Waals surface area contributed by atoms with Gasteiger partial charge < -0.3 is 10.2 Å². The van der Waals surface area contributed by atoms with Crippen LogP contribution in [-0.4, -0.2) is 30.1 Å². The van der Waals surface area contributed by atoms with Gasteiger partial charge in [0.1, 0.15) is 12.1 Å². The summed E-state index contributed by atoms with van der Waals surface area (Å²) in [5.74, 6) is 0.768. The number of benzene rings is 2. The maximum absolute atomic E-state index is 6.19. The van der Waals surface area contributed by atoms with Crippen LogP contribution >= 0.6 is 23.5 Å². The first-order valence-electron chi connectivity index (χ1n) is 8.64. The zero-order chi connectivity index (χ0) is 17.9. The number of aromatic nitrogens is 2. The van der Waals surface area contributed by atoms with Crippen LogP contribution in [0.1, 0.15) is 12.8 Å². The third-order valence-corrected chi connectivity index (χ3v) is 5.41. The number of hydrogen-bond donors (Lipinski definition) is 2. The van der Waals surface area contributed by atoms with Gasteiger partial charge in [-0.05, 0) is 68.2 Å². The topological polar surface area (TPSA) is 53.1 Å². The van der Waals surface area contributed by atoms with Gasteiger partial charge in [0.2, 0.25) is 0 Å². The molecule has 2 N–H and O–H groups in total. The van der Waals surface area contributed by atoms with Gasteiger partial charge >= 0.3 is 0 Å². The molecule has 0 bridgehead atoms. The van der Waals surface area contributed by atoms with Gasteiger partial charge in [-0.3, -0.25) is 4.72 Å². The van der Waals surface area contributed by atoms with Gasteiger partial charge in [-0.25, -0.2) is 9.97 Å². The summed E-state index contributed by atoms with van der Waals surface area (Å²) in [6, 6.07) is 12.2. The van der Waals surface area contributed by atoms with Crippen molar-refractivity contribution >= 4 is 51.6 Å². The average molecular weight is 386 g/mol. The van der Waals surface area contributed by atoms with Crippen molar-refractivity contribution in [1.29, 1.82) is 0 Å². The SMILES string of the molecule is CNSc1ccc(N2CCCC2)c(Nc2ncnc3ccc(Cl)cc23)c1. The molecule has 7 heteroatoms. The molecular weight excluding hydrogens is 366 g/mol. The van der Waals surface area contributed by atoms with Crippen LogP contribution in [0.5, 0.6) is 0 Å². The van der Waals surface area contributed by atoms with Crippen molar-refractivity contribution in [2.75, 3.05) is 30.4 Å². The fourth-order valence-corrected chi connectivity index (χ4v) is 4.01. The molecule has 1 aliphatic heterocycles. The van der Waals surface area contributed by atoms with Gasteiger partial charge in [-0.1, -0.05) is 11.6 Å². The fourth-order valence-electron chi connectivity index (χ4n) is 3.29. The van der Waals surface area contributed by atoms with E-state index in [-0.39, 0.29) is 0 Å². The predicted molar refractivity (Wildman–Crippen MR) is 111 cm³/mol. The minimum atomic E-state index is 0.676. The molecule has 1 saturated heterocycles. The summed E-state index contributed by atoms with van der Waals surface area (Å²) in [4.78, 5) is 12.4. The lowest BCUT2D eigenvalue weighted by Crippen LogP contribution is -2.19. The molecule has 0 spiro atoms. The third-order valence-electron chi connectivity index (χ3n) is 4.49. The predicted octanol–water partition coefficient (Wildman–Crippen LogP) is 4.85. The first-order chi connectivity index (χ1) is 12.7. The van der Waals surface area contributed by atoms with Crippen LogP contribution in [0.25, 0.3) is 10.9 Å². The fraction of sp³-hybridized carbons (Fsp3) is 0.263. The smallest absolute Gasteiger partial charge is 0.141 e. The molecule has 0 aliphatic carbocycles. The number of halogens is 1. The molecule has 1 fully saturated rings. The summed E-state index contributed by atoms with van der Waals surface area (Å²) < 4.78 is 3.13. The normalized spacial score (nSPS) is 14.2. The molecule has 0 amide bonds. The van der Waals surface area contributed by atoms with Gasteiger partial charge in [0.25, 0.3) is 0 Å². The van der Waals surface area contributed by atoms with Crippen molar-refractivity contribution in [3.63, 3.8) is 0 Å². The van der Waals surface area contributed by atoms with Crippen LogP contribution in [0.4, 0.5) is 17.2 Å². The second-order valence-corrected chi connectivity index (χ2v) is 7.71. The number of rotatable bonds is 5. The summed E-state index contributed by atoms with van der Waals surface area (Å²) >= 11 is 7.79. The molecule has 0 radical (unpaired) electrons. The molecule has 1 aliphatic rings. The first-order valence-corrected chi connectivity index (χ1v) is 9.84. The highest BCUT2D eigenvalue weighted by Crippen LogP contribution is 2.35. The highest BCUT2D eigenvalue weighted by molar-refractivity contribution is 7.97. The van der Waals surface area contributed by atoms with E-state index >= 15 is 0 Å². The zero-order valence-electron chi connectivity index (χ0n) is 14.5. The molecule has 0 saturated carbocycles. The van der Waals surface area contributed by atoms with Gasteiger partial charge in [0, 0.05) is 28.4 Å². The summed E-state index contributed by atoms with van der Waals surface area (Å²) in [5.41, 5.74) is 3.12. The summed E-state index contributed by atoms with van der Waals surface area (Å²) in [6.45, 7) is 2.17. The van der Waals surface area contributed by atoms with Crippen molar-refractivity contribution in [2.24, 2.45) is 0 Å². The van der Waals surface area contributed by atoms with Crippen molar-refractivity contribution in [2.45, 2.75) is 17.7 Å². The molecule has 26 heavy (non-hydrogen) atoms. The lowest BCUT2D eigenvalue weighted by Gasteiger charge is -2.23. The highest BCUT2D eigenvalue weighted by Gasteiger charge is 2.17. The zero-order valence-corrected chi connectivity index (χ0v) is 16.1. The van der Waals surface area contributed by atoms with Crippen LogP contribution in [0.2, 0.25) is 5.02 Å². The summed E-state index contributed by atoms with van der Waals surface area (Å²) in [6.07, 6.45) is 4.05. The Labute approximate surface area is 162 Å². The summed E-state index contributed by atoms with van der Waals surface area (Å²) in [7, 11) is 1.92. The number of nitrogens with zero attached hydrogens (tertiary/aromatic N) is 3. The lowest BCUT2D eigenvalue weighted by atomic mass is 10.2. The van der Waals surface area contributed by atoms with Crippen LogP contribution in [0.3, 0.4) is 0 Å². The van der Waals surface area contributed by atoms with Gasteiger partial charge in [0.15, 0.2) is 0 Å². The molecule has 1 aromatic heterocycles. The molecule has 0 atom stereocenters. The molecule has 0 unspecified atom stereocenters. The minimum Gasteiger partial charge on any atom is -0.370 e. The van der Waals surface area contributed by atoms with E-state index in [1.54, 1.807) is 18.3 Å². The molecule has 2 heterocycles. The molecular formula is C19H20ClN5S. The van der Waals surface area contributed by atoms with Crippen LogP contribution in [0.15, 0.2) is 47.6 Å². The number of fused-ring (bicyclic) bond motifs is 1. The van der Waals surface area contributed by atoms with E-state index in [9.17, 15) is 0 Å². The Morgan fingerprint density at radius 1 is 1.08 bits per heavy atom. The highest BCUT2D eigenvalue weighted by atomic mass is 35.5. The van der Waals surface area contributed by atoms with Gasteiger partial charge in [-0.15, -0.1) is 0 Å². The van der Waals surface area contributed by atoms with E-state index in [2.05, 4.69) is 43.1 Å². The molecule has 3 aromatic rings. The van der Waals surface area contributed by atoms with E-state index in [0.29, 0.717) is 5.02 Å². The molecule has 134 valence electrons. The Hall–Kier alpha value is -2.02. The molecule has 4 rings (SSSR count). The van der Waals surface area contributed by atoms with E-state index < -0.39 is 0 Å². The standard InChI is InChI=1S/C19H20ClN5S/c1-21-26-14-5-7-18(25-8-2-3-9-25)17(11-14)24-19-15-10-13(20)4-6-16(15)22-12-23-19/h4-7,10-12,21H,2-3,8-9H2,1H3,(H,22,23,24). The van der Waals surface area contributed by atoms with Crippen LogP contribution in [-0.2, 0) is 0 Å². The Morgan fingerprint density at radius 2 is 1.92 bits per heavy atom. The maximum Gasteiger partial charge on any atom is 0.141 e. The van der Waals surface area contributed by atoms with Gasteiger partial charge in [-0.2, -0.15) is 0 Å². The molecule has 5 nitrogen and oxygen atoms in total. The van der Waals surface area contributed by atoms with E-state index in [1.807, 2.05) is 25.2 Å². The van der Waals surface area contributed by atoms with E-state index in [4.69, 9.17) is 11.6 Å². The maximum atomic E-state index is 6.19. The Kier molecular flexibility index (Phi) is 5.15. The Balaban J connectivity index is 1.77. The number of hydrogen-bond acceptors (Lipinski definition) is 6. The summed E-state index contributed by atoms with van der Waals surface area (Å²) in [5, 5.41) is 5.12. The largest absolute Gasteiger partial charge is 0.370 e. The van der Waals surface area contributed by atoms with Crippen molar-refractivity contribution < 1.29 is 0 Å². The van der Waals surface area contributed by atoms with E-state index in [0.717, 1.165) is 40.4 Å².